The molecular formula is C31H26F2O11S2. The van der Waals surface area contributed by atoms with E-state index in [0.717, 1.165) is 28.7 Å². The van der Waals surface area contributed by atoms with Gasteiger partial charge >= 0.3 is 11.9 Å². The van der Waals surface area contributed by atoms with Gasteiger partial charge in [0, 0.05) is 63.2 Å². The molecule has 2 N–H and O–H groups in total. The van der Waals surface area contributed by atoms with Crippen molar-refractivity contribution in [3.05, 3.63) is 57.3 Å². The molecule has 0 radical (unpaired) electrons. The van der Waals surface area contributed by atoms with E-state index in [-0.39, 0.29) is 80.6 Å². The molecule has 2 heterocycles. The third-order valence-electron chi connectivity index (χ3n) is 6.54. The van der Waals surface area contributed by atoms with Crippen LogP contribution in [-0.4, -0.2) is 67.4 Å². The van der Waals surface area contributed by atoms with Gasteiger partial charge in [0.05, 0.1) is 30.4 Å². The normalized spacial score (nSPS) is 11.4. The Bertz CT molecular complexity index is 1870. The van der Waals surface area contributed by atoms with Crippen LogP contribution in [0.3, 0.4) is 0 Å². The summed E-state index contributed by atoms with van der Waals surface area (Å²) in [5.74, 6) is -5.92. The van der Waals surface area contributed by atoms with Gasteiger partial charge in [-0.15, -0.1) is 22.7 Å². The first-order chi connectivity index (χ1) is 22.0. The maximum atomic E-state index is 15.6. The number of hydrogen-bond acceptors (Lipinski definition) is 11. The molecule has 2 aromatic heterocycles. The Kier molecular flexibility index (Phi) is 11.0. The van der Waals surface area contributed by atoms with Crippen molar-refractivity contribution in [3.63, 3.8) is 0 Å². The summed E-state index contributed by atoms with van der Waals surface area (Å²) in [6.07, 6.45) is 0.721. The fraction of sp³-hybridized carbons (Fsp3) is 0.258. The van der Waals surface area contributed by atoms with Crippen molar-refractivity contribution in [1.29, 1.82) is 0 Å². The molecule has 0 fully saturated rings. The predicted octanol–water partition coefficient (Wildman–Crippen LogP) is 6.09. The summed E-state index contributed by atoms with van der Waals surface area (Å²) in [6.45, 7) is -1.05. The Morgan fingerprint density at radius 1 is 0.761 bits per heavy atom. The fourth-order valence-corrected chi connectivity index (χ4v) is 6.44. The summed E-state index contributed by atoms with van der Waals surface area (Å²) in [5.41, 5.74) is -0.0412. The van der Waals surface area contributed by atoms with Gasteiger partial charge in [-0.25, -0.2) is 13.6 Å². The van der Waals surface area contributed by atoms with Crippen molar-refractivity contribution in [1.82, 2.24) is 0 Å². The Labute approximate surface area is 267 Å². The van der Waals surface area contributed by atoms with E-state index in [2.05, 4.69) is 0 Å². The fourth-order valence-electron chi connectivity index (χ4n) is 4.33. The smallest absolute Gasteiger partial charge is 0.328 e. The number of aliphatic carboxylic acids is 2. The number of carboxylic acid groups (broad SMARTS) is 2. The van der Waals surface area contributed by atoms with Crippen molar-refractivity contribution in [2.24, 2.45) is 0 Å². The minimum Gasteiger partial charge on any atom is -0.493 e. The zero-order valence-corrected chi connectivity index (χ0v) is 26.0. The lowest BCUT2D eigenvalue weighted by Crippen LogP contribution is -2.13. The third kappa shape index (κ3) is 7.66. The highest BCUT2D eigenvalue weighted by molar-refractivity contribution is 7.21. The largest absolute Gasteiger partial charge is 0.493 e. The van der Waals surface area contributed by atoms with Crippen LogP contribution in [0.2, 0.25) is 0 Å². The average Bonchev–Trinajstić information content (AvgIpc) is 3.66. The Morgan fingerprint density at radius 2 is 1.24 bits per heavy atom. The summed E-state index contributed by atoms with van der Waals surface area (Å²) in [7, 11) is 2.53. The number of benzene rings is 2. The molecule has 15 heteroatoms. The predicted molar refractivity (Wildman–Crippen MR) is 164 cm³/mol. The van der Waals surface area contributed by atoms with E-state index in [1.807, 2.05) is 0 Å². The summed E-state index contributed by atoms with van der Waals surface area (Å²) < 4.78 is 53.7. The molecule has 4 aromatic rings. The zero-order valence-electron chi connectivity index (χ0n) is 24.3. The second-order valence-corrected chi connectivity index (χ2v) is 11.8. The molecule has 0 aliphatic heterocycles. The van der Waals surface area contributed by atoms with Crippen LogP contribution < -0.4 is 18.9 Å². The number of ether oxygens (including phenoxy) is 4. The SMILES string of the molecule is COc1cc2sc(C(=O)CCC=O)cc2c(F)c1OC/C(=C/C(=O)O)COc1c(OC)cc2sc(C(=O)CCC(=O)O)cc2c1F. The van der Waals surface area contributed by atoms with E-state index >= 15 is 8.78 Å². The highest BCUT2D eigenvalue weighted by Gasteiger charge is 2.23. The number of carbonyl (C=O) groups is 5. The van der Waals surface area contributed by atoms with E-state index in [1.165, 1.54) is 38.5 Å². The second kappa shape index (κ2) is 14.9. The molecule has 0 saturated heterocycles. The second-order valence-electron chi connectivity index (χ2n) is 9.65. The molecular weight excluding hydrogens is 650 g/mol. The Morgan fingerprint density at radius 3 is 1.65 bits per heavy atom. The monoisotopic (exact) mass is 676 g/mol. The lowest BCUT2D eigenvalue weighted by molar-refractivity contribution is -0.137. The molecule has 0 spiro atoms. The van der Waals surface area contributed by atoms with E-state index in [9.17, 15) is 29.1 Å². The number of ketones is 2. The van der Waals surface area contributed by atoms with Crippen LogP contribution in [0.15, 0.2) is 35.9 Å². The number of rotatable bonds is 17. The zero-order chi connectivity index (χ0) is 33.5. The number of thiophene rings is 2. The number of halogens is 2. The van der Waals surface area contributed by atoms with Crippen LogP contribution in [0.4, 0.5) is 8.78 Å². The van der Waals surface area contributed by atoms with E-state index in [4.69, 9.17) is 24.1 Å². The molecule has 242 valence electrons. The number of carboxylic acids is 2. The van der Waals surface area contributed by atoms with Gasteiger partial charge in [-0.2, -0.15) is 0 Å². The lowest BCUT2D eigenvalue weighted by atomic mass is 10.1. The number of Topliss-reactive ketones (excluding diaryl/α,β-unsaturated/α-hetero) is 2. The van der Waals surface area contributed by atoms with Gasteiger partial charge in [0.15, 0.2) is 46.2 Å². The van der Waals surface area contributed by atoms with Crippen LogP contribution in [0, 0.1) is 11.6 Å². The lowest BCUT2D eigenvalue weighted by Gasteiger charge is -2.16. The Hall–Kier alpha value is -4.89. The van der Waals surface area contributed by atoms with Crippen LogP contribution in [0.25, 0.3) is 20.2 Å². The maximum Gasteiger partial charge on any atom is 0.328 e. The molecule has 0 unspecified atom stereocenters. The molecule has 0 aliphatic carbocycles. The van der Waals surface area contributed by atoms with E-state index in [1.54, 1.807) is 0 Å². The van der Waals surface area contributed by atoms with Crippen molar-refractivity contribution in [2.75, 3.05) is 27.4 Å². The maximum absolute atomic E-state index is 15.6. The minimum atomic E-state index is -1.38. The minimum absolute atomic E-state index is 0.0133. The first kappa shape index (κ1) is 34.0. The number of methoxy groups -OCH3 is 2. The summed E-state index contributed by atoms with van der Waals surface area (Å²) in [4.78, 5) is 58.2. The number of carbonyl (C=O) groups excluding carboxylic acids is 3. The van der Waals surface area contributed by atoms with Gasteiger partial charge < -0.3 is 34.0 Å². The number of aldehydes is 1. The van der Waals surface area contributed by atoms with E-state index < -0.39 is 42.6 Å². The van der Waals surface area contributed by atoms with Crippen molar-refractivity contribution < 1.29 is 61.9 Å². The molecule has 2 aromatic carbocycles. The van der Waals surface area contributed by atoms with Crippen molar-refractivity contribution in [3.8, 4) is 23.0 Å². The average molecular weight is 677 g/mol. The first-order valence-electron chi connectivity index (χ1n) is 13.5. The standard InChI is InChI=1S/C31H26F2O11S2/c1-41-20-11-22-16(9-24(45-22)18(35)4-3-7-34)28(32)30(20)43-13-15(8-27(39)40)14-44-31-21(42-2)12-23-17(29(31)33)10-25(46-23)19(36)5-6-26(37)38/h7-12H,3-6,13-14H2,1-2H3,(H,37,38)(H,39,40)/b15-8-. The van der Waals surface area contributed by atoms with E-state index in [0.29, 0.717) is 15.7 Å². The Balaban J connectivity index is 1.58. The molecule has 0 bridgehead atoms. The molecule has 11 nitrogen and oxygen atoms in total. The van der Waals surface area contributed by atoms with Crippen molar-refractivity contribution in [2.45, 2.75) is 25.7 Å². The summed E-state index contributed by atoms with van der Waals surface area (Å²) >= 11 is 1.97. The molecule has 0 amide bonds. The van der Waals surface area contributed by atoms with Crippen LogP contribution in [-0.2, 0) is 14.4 Å². The number of fused-ring (bicyclic) bond motifs is 2. The van der Waals surface area contributed by atoms with Gasteiger partial charge in [0.2, 0.25) is 0 Å². The van der Waals surface area contributed by atoms with Gasteiger partial charge in [-0.3, -0.25) is 14.4 Å². The molecule has 46 heavy (non-hydrogen) atoms. The molecule has 0 aliphatic rings. The highest BCUT2D eigenvalue weighted by atomic mass is 32.1. The van der Waals surface area contributed by atoms with Crippen molar-refractivity contribution >= 4 is 72.6 Å². The summed E-state index contributed by atoms with van der Waals surface area (Å²) in [5, 5.41) is 18.3. The van der Waals surface area contributed by atoms with Crippen LogP contribution in [0.1, 0.15) is 45.0 Å². The van der Waals surface area contributed by atoms with Gasteiger partial charge in [0.25, 0.3) is 0 Å². The highest BCUT2D eigenvalue weighted by Crippen LogP contribution is 2.42. The topological polar surface area (TPSA) is 163 Å². The van der Waals surface area contributed by atoms with Gasteiger partial charge in [-0.1, -0.05) is 0 Å². The van der Waals surface area contributed by atoms with Gasteiger partial charge in [0.1, 0.15) is 19.5 Å². The van der Waals surface area contributed by atoms with Crippen LogP contribution in [0.5, 0.6) is 23.0 Å². The van der Waals surface area contributed by atoms with Gasteiger partial charge in [-0.05, 0) is 12.1 Å². The third-order valence-corrected chi connectivity index (χ3v) is 8.79. The molecule has 4 rings (SSSR count). The summed E-state index contributed by atoms with van der Waals surface area (Å²) in [6, 6.07) is 5.51. The quantitative estimate of drug-likeness (QED) is 0.0756. The number of hydrogen-bond donors (Lipinski definition) is 2. The van der Waals surface area contributed by atoms with Crippen LogP contribution >= 0.6 is 22.7 Å². The molecule has 0 atom stereocenters. The first-order valence-corrected chi connectivity index (χ1v) is 15.1. The molecule has 0 saturated carbocycles.